The molecule has 1 fully saturated rings. The molecular weight excluding hydrogens is 254 g/mol. The van der Waals surface area contributed by atoms with E-state index >= 15 is 0 Å². The lowest BCUT2D eigenvalue weighted by Gasteiger charge is -2.20. The van der Waals surface area contributed by atoms with Gasteiger partial charge in [-0.2, -0.15) is 11.8 Å². The van der Waals surface area contributed by atoms with E-state index in [-0.39, 0.29) is 0 Å². The van der Waals surface area contributed by atoms with Crippen LogP contribution in [0.4, 0.5) is 5.69 Å². The molecule has 0 unspecified atom stereocenters. The van der Waals surface area contributed by atoms with E-state index in [2.05, 4.69) is 33.8 Å². The third kappa shape index (κ3) is 2.85. The van der Waals surface area contributed by atoms with Gasteiger partial charge in [0, 0.05) is 36.1 Å². The molecular formula is C15H19N3S. The Bertz CT molecular complexity index is 562. The zero-order valence-electron chi connectivity index (χ0n) is 11.0. The fraction of sp³-hybridized carbons (Fsp3) is 0.400. The number of nitrogens with two attached hydrogens (primary N) is 1. The molecule has 0 bridgehead atoms. The Morgan fingerprint density at radius 1 is 1.21 bits per heavy atom. The van der Waals surface area contributed by atoms with E-state index < -0.39 is 0 Å². The van der Waals surface area contributed by atoms with Crippen molar-refractivity contribution in [3.05, 3.63) is 36.0 Å². The minimum absolute atomic E-state index is 0.818. The number of benzene rings is 1. The molecule has 1 aromatic heterocycles. The average molecular weight is 273 g/mol. The zero-order chi connectivity index (χ0) is 13.1. The van der Waals surface area contributed by atoms with Gasteiger partial charge in [0.1, 0.15) is 0 Å². The maximum absolute atomic E-state index is 6.03. The molecule has 2 aromatic rings. The van der Waals surface area contributed by atoms with Gasteiger partial charge in [-0.05, 0) is 42.5 Å². The van der Waals surface area contributed by atoms with Crippen molar-refractivity contribution in [1.29, 1.82) is 0 Å². The molecule has 0 saturated carbocycles. The van der Waals surface area contributed by atoms with E-state index in [1.165, 1.54) is 36.6 Å². The van der Waals surface area contributed by atoms with Crippen LogP contribution in [-0.2, 0) is 6.54 Å². The summed E-state index contributed by atoms with van der Waals surface area (Å²) in [6.07, 6.45) is 3.13. The van der Waals surface area contributed by atoms with Gasteiger partial charge in [0.2, 0.25) is 0 Å². The first-order valence-corrected chi connectivity index (χ1v) is 7.92. The number of hydrogen-bond donors (Lipinski definition) is 1. The first-order chi connectivity index (χ1) is 9.34. The maximum Gasteiger partial charge on any atom is 0.0767 e. The summed E-state index contributed by atoms with van der Waals surface area (Å²) in [6.45, 7) is 3.34. The van der Waals surface area contributed by atoms with E-state index in [9.17, 15) is 0 Å². The monoisotopic (exact) mass is 273 g/mol. The van der Waals surface area contributed by atoms with Crippen molar-refractivity contribution in [3.8, 4) is 0 Å². The van der Waals surface area contributed by atoms with Crippen LogP contribution in [0.5, 0.6) is 0 Å². The fourth-order valence-electron chi connectivity index (χ4n) is 2.58. The van der Waals surface area contributed by atoms with Gasteiger partial charge in [0.25, 0.3) is 0 Å². The van der Waals surface area contributed by atoms with E-state index in [0.29, 0.717) is 0 Å². The van der Waals surface area contributed by atoms with Crippen LogP contribution in [0.1, 0.15) is 12.0 Å². The molecule has 1 saturated heterocycles. The van der Waals surface area contributed by atoms with Gasteiger partial charge in [-0.25, -0.2) is 0 Å². The predicted octanol–water partition coefficient (Wildman–Crippen LogP) is 2.76. The molecule has 4 heteroatoms. The SMILES string of the molecule is Nc1ccc(CN2CCCSCC2)c2ncccc12. The lowest BCUT2D eigenvalue weighted by atomic mass is 10.1. The summed E-state index contributed by atoms with van der Waals surface area (Å²) in [6, 6.07) is 8.14. The highest BCUT2D eigenvalue weighted by molar-refractivity contribution is 7.99. The third-order valence-electron chi connectivity index (χ3n) is 3.60. The van der Waals surface area contributed by atoms with Gasteiger partial charge in [-0.3, -0.25) is 9.88 Å². The Kier molecular flexibility index (Phi) is 3.89. The van der Waals surface area contributed by atoms with Crippen LogP contribution in [0.2, 0.25) is 0 Å². The van der Waals surface area contributed by atoms with E-state index in [0.717, 1.165) is 23.1 Å². The molecule has 0 aliphatic carbocycles. The number of fused-ring (bicyclic) bond motifs is 1. The summed E-state index contributed by atoms with van der Waals surface area (Å²) in [7, 11) is 0. The molecule has 2 heterocycles. The first kappa shape index (κ1) is 12.8. The zero-order valence-corrected chi connectivity index (χ0v) is 11.8. The Labute approximate surface area is 118 Å². The predicted molar refractivity (Wildman–Crippen MR) is 83.4 cm³/mol. The quantitative estimate of drug-likeness (QED) is 0.854. The van der Waals surface area contributed by atoms with Crippen molar-refractivity contribution < 1.29 is 0 Å². The second kappa shape index (κ2) is 5.80. The van der Waals surface area contributed by atoms with Gasteiger partial charge in [-0.15, -0.1) is 0 Å². The van der Waals surface area contributed by atoms with Gasteiger partial charge >= 0.3 is 0 Å². The second-order valence-electron chi connectivity index (χ2n) is 4.96. The topological polar surface area (TPSA) is 42.1 Å². The molecule has 100 valence electrons. The van der Waals surface area contributed by atoms with Crippen molar-refractivity contribution in [2.45, 2.75) is 13.0 Å². The number of aromatic nitrogens is 1. The molecule has 2 N–H and O–H groups in total. The maximum atomic E-state index is 6.03. The Balaban J connectivity index is 1.90. The van der Waals surface area contributed by atoms with Crippen molar-refractivity contribution >= 4 is 28.4 Å². The number of anilines is 1. The molecule has 0 amide bonds. The highest BCUT2D eigenvalue weighted by atomic mass is 32.2. The fourth-order valence-corrected chi connectivity index (χ4v) is 3.50. The van der Waals surface area contributed by atoms with Crippen LogP contribution in [0.25, 0.3) is 10.9 Å². The number of pyridine rings is 1. The molecule has 1 aliphatic heterocycles. The number of hydrogen-bond acceptors (Lipinski definition) is 4. The number of rotatable bonds is 2. The summed E-state index contributed by atoms with van der Waals surface area (Å²) in [4.78, 5) is 7.05. The van der Waals surface area contributed by atoms with E-state index in [4.69, 9.17) is 5.73 Å². The minimum atomic E-state index is 0.818. The number of nitrogens with zero attached hydrogens (tertiary/aromatic N) is 2. The molecule has 19 heavy (non-hydrogen) atoms. The molecule has 3 rings (SSSR count). The molecule has 1 aliphatic rings. The largest absolute Gasteiger partial charge is 0.398 e. The minimum Gasteiger partial charge on any atom is -0.398 e. The van der Waals surface area contributed by atoms with Gasteiger partial charge < -0.3 is 5.73 Å². The second-order valence-corrected chi connectivity index (χ2v) is 6.18. The lowest BCUT2D eigenvalue weighted by Crippen LogP contribution is -2.25. The number of thioether (sulfide) groups is 1. The highest BCUT2D eigenvalue weighted by Crippen LogP contribution is 2.24. The van der Waals surface area contributed by atoms with E-state index in [1.54, 1.807) is 0 Å². The smallest absolute Gasteiger partial charge is 0.0767 e. The standard InChI is InChI=1S/C15H19N3S/c16-14-5-4-12(15-13(14)3-1-6-17-15)11-18-7-2-9-19-10-8-18/h1,3-6H,2,7-11,16H2. The summed E-state index contributed by atoms with van der Waals surface area (Å²) in [5, 5.41) is 1.07. The summed E-state index contributed by atoms with van der Waals surface area (Å²) < 4.78 is 0. The van der Waals surface area contributed by atoms with Crippen LogP contribution >= 0.6 is 11.8 Å². The Morgan fingerprint density at radius 3 is 3.11 bits per heavy atom. The Hall–Kier alpha value is -1.26. The first-order valence-electron chi connectivity index (χ1n) is 6.77. The van der Waals surface area contributed by atoms with Crippen LogP contribution < -0.4 is 5.73 Å². The highest BCUT2D eigenvalue weighted by Gasteiger charge is 2.12. The lowest BCUT2D eigenvalue weighted by molar-refractivity contribution is 0.288. The molecule has 1 aromatic carbocycles. The molecule has 3 nitrogen and oxygen atoms in total. The van der Waals surface area contributed by atoms with Crippen LogP contribution in [0.15, 0.2) is 30.5 Å². The van der Waals surface area contributed by atoms with Crippen molar-refractivity contribution in [3.63, 3.8) is 0 Å². The van der Waals surface area contributed by atoms with Crippen molar-refractivity contribution in [2.24, 2.45) is 0 Å². The van der Waals surface area contributed by atoms with Crippen molar-refractivity contribution in [2.75, 3.05) is 30.3 Å². The van der Waals surface area contributed by atoms with Gasteiger partial charge in [0.15, 0.2) is 0 Å². The summed E-state index contributed by atoms with van der Waals surface area (Å²) in [5.41, 5.74) is 9.19. The average Bonchev–Trinajstić information content (AvgIpc) is 2.71. The molecule has 0 spiro atoms. The summed E-state index contributed by atoms with van der Waals surface area (Å²) in [5.74, 6) is 2.53. The summed E-state index contributed by atoms with van der Waals surface area (Å²) >= 11 is 2.06. The van der Waals surface area contributed by atoms with Gasteiger partial charge in [-0.1, -0.05) is 6.07 Å². The van der Waals surface area contributed by atoms with E-state index in [1.807, 2.05) is 18.3 Å². The molecule has 0 atom stereocenters. The van der Waals surface area contributed by atoms with Crippen LogP contribution in [0, 0.1) is 0 Å². The van der Waals surface area contributed by atoms with Crippen molar-refractivity contribution in [1.82, 2.24) is 9.88 Å². The van der Waals surface area contributed by atoms with Crippen LogP contribution in [-0.4, -0.2) is 34.5 Å². The number of nitrogen functional groups attached to an aromatic ring is 1. The van der Waals surface area contributed by atoms with Crippen LogP contribution in [0.3, 0.4) is 0 Å². The third-order valence-corrected chi connectivity index (χ3v) is 4.64. The van der Waals surface area contributed by atoms with Gasteiger partial charge in [0.05, 0.1) is 5.52 Å². The normalized spacial score (nSPS) is 17.5. The molecule has 0 radical (unpaired) electrons. The Morgan fingerprint density at radius 2 is 2.16 bits per heavy atom.